The number of carbonyl (C=O) groups is 3. The summed E-state index contributed by atoms with van der Waals surface area (Å²) in [5.41, 5.74) is 5.98. The lowest BCUT2D eigenvalue weighted by atomic mass is 9.55. The van der Waals surface area contributed by atoms with E-state index in [-0.39, 0.29) is 47.9 Å². The van der Waals surface area contributed by atoms with Crippen molar-refractivity contribution >= 4 is 23.3 Å². The lowest BCUT2D eigenvalue weighted by Gasteiger charge is -2.45. The third kappa shape index (κ3) is 2.54. The van der Waals surface area contributed by atoms with Gasteiger partial charge in [0.15, 0.2) is 5.78 Å². The maximum absolute atomic E-state index is 13.6. The zero-order chi connectivity index (χ0) is 22.0. The van der Waals surface area contributed by atoms with Gasteiger partial charge in [-0.25, -0.2) is 0 Å². The van der Waals surface area contributed by atoms with E-state index in [9.17, 15) is 14.4 Å². The zero-order valence-electron chi connectivity index (χ0n) is 17.6. The minimum atomic E-state index is -0.373. The first-order valence-electron chi connectivity index (χ1n) is 10.9. The van der Waals surface area contributed by atoms with Gasteiger partial charge in [0.2, 0.25) is 11.8 Å². The van der Waals surface area contributed by atoms with Crippen molar-refractivity contribution in [1.29, 1.82) is 0 Å². The normalized spacial score (nSPS) is 24.7. The van der Waals surface area contributed by atoms with E-state index in [4.69, 9.17) is 0 Å². The van der Waals surface area contributed by atoms with Crippen LogP contribution in [-0.4, -0.2) is 29.2 Å². The number of carbonyl (C=O) groups excluding carboxylic acids is 3. The van der Waals surface area contributed by atoms with Gasteiger partial charge in [-0.15, -0.1) is 0 Å². The molecule has 32 heavy (non-hydrogen) atoms. The highest BCUT2D eigenvalue weighted by atomic mass is 16.2. The maximum atomic E-state index is 13.6. The molecule has 1 N–H and O–H groups in total. The third-order valence-electron chi connectivity index (χ3n) is 7.25. The van der Waals surface area contributed by atoms with Crippen LogP contribution in [-0.2, 0) is 9.59 Å². The van der Waals surface area contributed by atoms with Crippen LogP contribution in [0.25, 0.3) is 0 Å². The van der Waals surface area contributed by atoms with Crippen LogP contribution in [0, 0.1) is 11.8 Å². The molecule has 1 aliphatic heterocycles. The van der Waals surface area contributed by atoms with Crippen molar-refractivity contribution in [3.05, 3.63) is 101 Å². The molecule has 0 radical (unpaired) electrons. The van der Waals surface area contributed by atoms with Crippen molar-refractivity contribution in [3.63, 3.8) is 0 Å². The largest absolute Gasteiger partial charge is 0.367 e. The Kier molecular flexibility index (Phi) is 4.09. The van der Waals surface area contributed by atoms with E-state index in [1.165, 1.54) is 34.1 Å². The summed E-state index contributed by atoms with van der Waals surface area (Å²) in [5, 5.41) is 3.18. The predicted octanol–water partition coefficient (Wildman–Crippen LogP) is 4.15. The summed E-state index contributed by atoms with van der Waals surface area (Å²) >= 11 is 0. The number of Topliss-reactive ketones (excluding diaryl/α,β-unsaturated/α-hetero) is 1. The van der Waals surface area contributed by atoms with Crippen LogP contribution in [0.1, 0.15) is 51.4 Å². The number of nitrogens with zero attached hydrogens (tertiary/aromatic N) is 1. The van der Waals surface area contributed by atoms with Crippen LogP contribution in [0.2, 0.25) is 0 Å². The minimum Gasteiger partial charge on any atom is -0.367 e. The summed E-state index contributed by atoms with van der Waals surface area (Å²) < 4.78 is 0. The smallest absolute Gasteiger partial charge is 0.235 e. The molecule has 5 heteroatoms. The molecule has 1 saturated heterocycles. The predicted molar refractivity (Wildman–Crippen MR) is 120 cm³/mol. The van der Waals surface area contributed by atoms with E-state index in [0.29, 0.717) is 11.3 Å². The summed E-state index contributed by atoms with van der Waals surface area (Å²) in [4.78, 5) is 40.2. The SMILES string of the molecule is CC(=O)c1cccc(NCN2C(=O)[C@@H]3C4c5ccccc5C(c5ccccc54)[C@H]3C2=O)c1. The van der Waals surface area contributed by atoms with Crippen LogP contribution in [0.4, 0.5) is 5.69 Å². The van der Waals surface area contributed by atoms with Crippen LogP contribution < -0.4 is 5.32 Å². The fourth-order valence-corrected chi connectivity index (χ4v) is 5.91. The minimum absolute atomic E-state index is 0.0277. The number of ketones is 1. The molecule has 4 aliphatic rings. The topological polar surface area (TPSA) is 66.5 Å². The van der Waals surface area contributed by atoms with Crippen LogP contribution >= 0.6 is 0 Å². The quantitative estimate of drug-likeness (QED) is 0.507. The lowest BCUT2D eigenvalue weighted by molar-refractivity contribution is -0.139. The van der Waals surface area contributed by atoms with Gasteiger partial charge in [0, 0.05) is 23.1 Å². The number of imide groups is 1. The Morgan fingerprint density at radius 2 is 1.28 bits per heavy atom. The van der Waals surface area contributed by atoms with Crippen molar-refractivity contribution in [3.8, 4) is 0 Å². The summed E-state index contributed by atoms with van der Waals surface area (Å²) in [6.45, 7) is 1.61. The zero-order valence-corrected chi connectivity index (χ0v) is 17.6. The molecular formula is C27H22N2O3. The third-order valence-corrected chi connectivity index (χ3v) is 7.25. The van der Waals surface area contributed by atoms with Gasteiger partial charge in [-0.05, 0) is 41.3 Å². The number of nitrogens with one attached hydrogen (secondary N) is 1. The van der Waals surface area contributed by atoms with Gasteiger partial charge in [-0.2, -0.15) is 0 Å². The van der Waals surface area contributed by atoms with Crippen molar-refractivity contribution in [2.75, 3.05) is 12.0 Å². The van der Waals surface area contributed by atoms with Crippen molar-refractivity contribution in [2.45, 2.75) is 18.8 Å². The summed E-state index contributed by atoms with van der Waals surface area (Å²) in [6, 6.07) is 23.6. The van der Waals surface area contributed by atoms with Gasteiger partial charge in [0.1, 0.15) is 0 Å². The highest BCUT2D eigenvalue weighted by Crippen LogP contribution is 2.60. The molecule has 1 heterocycles. The standard InChI is InChI=1S/C27H22N2O3/c1-15(30)16-7-6-8-17(13-16)28-14-29-26(31)24-22-18-9-2-3-10-19(18)23(25(24)27(29)32)21-12-5-4-11-20(21)22/h2-13,22-25,28H,14H2,1H3/t22?,23?,24-,25-/m1/s1. The monoisotopic (exact) mass is 422 g/mol. The second-order valence-corrected chi connectivity index (χ2v) is 8.84. The van der Waals surface area contributed by atoms with Gasteiger partial charge in [0.05, 0.1) is 18.5 Å². The Hall–Kier alpha value is -3.73. The first-order chi connectivity index (χ1) is 15.6. The number of hydrogen-bond acceptors (Lipinski definition) is 4. The molecule has 5 nitrogen and oxygen atoms in total. The van der Waals surface area contributed by atoms with Crippen molar-refractivity contribution in [2.24, 2.45) is 11.8 Å². The Morgan fingerprint density at radius 1 is 0.781 bits per heavy atom. The Balaban J connectivity index is 1.36. The molecule has 7 rings (SSSR count). The summed E-state index contributed by atoms with van der Waals surface area (Å²) in [6.07, 6.45) is 0. The van der Waals surface area contributed by atoms with E-state index in [0.717, 1.165) is 0 Å². The molecule has 3 aromatic rings. The van der Waals surface area contributed by atoms with Crippen molar-refractivity contribution in [1.82, 2.24) is 4.90 Å². The average Bonchev–Trinajstić information content (AvgIpc) is 3.08. The molecule has 0 saturated carbocycles. The number of benzene rings is 3. The molecule has 2 atom stereocenters. The van der Waals surface area contributed by atoms with E-state index in [1.807, 2.05) is 30.3 Å². The fourth-order valence-electron chi connectivity index (χ4n) is 5.91. The van der Waals surface area contributed by atoms with Crippen LogP contribution in [0.5, 0.6) is 0 Å². The Labute approximate surface area is 186 Å². The van der Waals surface area contributed by atoms with Gasteiger partial charge in [-0.3, -0.25) is 19.3 Å². The fraction of sp³-hybridized carbons (Fsp3) is 0.222. The molecule has 2 bridgehead atoms. The second kappa shape index (κ2) is 6.89. The summed E-state index contributed by atoms with van der Waals surface area (Å²) in [5.74, 6) is -1.20. The number of rotatable bonds is 4. The summed E-state index contributed by atoms with van der Waals surface area (Å²) in [7, 11) is 0. The van der Waals surface area contributed by atoms with Crippen LogP contribution in [0.3, 0.4) is 0 Å². The Morgan fingerprint density at radius 3 is 1.75 bits per heavy atom. The first kappa shape index (κ1) is 19.0. The molecular weight excluding hydrogens is 400 g/mol. The molecule has 1 fully saturated rings. The van der Waals surface area contributed by atoms with Crippen LogP contribution in [0.15, 0.2) is 72.8 Å². The van der Waals surface area contributed by atoms with Crippen molar-refractivity contribution < 1.29 is 14.4 Å². The highest BCUT2D eigenvalue weighted by molar-refractivity contribution is 6.07. The molecule has 0 spiro atoms. The second-order valence-electron chi connectivity index (χ2n) is 8.84. The number of likely N-dealkylation sites (tertiary alicyclic amines) is 1. The van der Waals surface area contributed by atoms with E-state index in [2.05, 4.69) is 29.6 Å². The molecule has 0 unspecified atom stereocenters. The van der Waals surface area contributed by atoms with E-state index in [1.54, 1.807) is 18.2 Å². The molecule has 3 aliphatic carbocycles. The maximum Gasteiger partial charge on any atom is 0.235 e. The molecule has 3 aromatic carbocycles. The molecule has 158 valence electrons. The molecule has 0 aromatic heterocycles. The van der Waals surface area contributed by atoms with E-state index >= 15 is 0 Å². The average molecular weight is 422 g/mol. The highest BCUT2D eigenvalue weighted by Gasteiger charge is 2.61. The van der Waals surface area contributed by atoms with Gasteiger partial charge >= 0.3 is 0 Å². The number of anilines is 1. The first-order valence-corrected chi connectivity index (χ1v) is 10.9. The number of amides is 2. The number of hydrogen-bond donors (Lipinski definition) is 1. The molecule has 2 amide bonds. The van der Waals surface area contributed by atoms with Gasteiger partial charge in [0.25, 0.3) is 0 Å². The van der Waals surface area contributed by atoms with Gasteiger partial charge < -0.3 is 5.32 Å². The van der Waals surface area contributed by atoms with E-state index < -0.39 is 0 Å². The van der Waals surface area contributed by atoms with Gasteiger partial charge in [-0.1, -0.05) is 60.7 Å². The Bertz CT molecular complexity index is 1180. The lowest BCUT2D eigenvalue weighted by Crippen LogP contribution is -2.41.